The zero-order valence-electron chi connectivity index (χ0n) is 11.9. The van der Waals surface area contributed by atoms with Gasteiger partial charge in [-0.2, -0.15) is 0 Å². The van der Waals surface area contributed by atoms with Crippen LogP contribution in [0, 0.1) is 0 Å². The summed E-state index contributed by atoms with van der Waals surface area (Å²) < 4.78 is 0. The Kier molecular flexibility index (Phi) is 46.1. The van der Waals surface area contributed by atoms with E-state index in [9.17, 15) is 0 Å². The Balaban J connectivity index is -0.0000000860. The summed E-state index contributed by atoms with van der Waals surface area (Å²) in [6.45, 7) is 19.1. The molecule has 0 heterocycles. The van der Waals surface area contributed by atoms with Gasteiger partial charge in [0.15, 0.2) is 0 Å². The van der Waals surface area contributed by atoms with Crippen LogP contribution in [0.1, 0.15) is 55.4 Å². The normalized spacial score (nSPS) is 9.33. The molecule has 0 fully saturated rings. The molecular formula is C13H30N2. The van der Waals surface area contributed by atoms with E-state index in [4.69, 9.17) is 5.73 Å². The molecule has 0 aliphatic carbocycles. The Labute approximate surface area is 97.0 Å². The lowest BCUT2D eigenvalue weighted by molar-refractivity contribution is 1.32. The molecule has 0 rings (SSSR count). The minimum atomic E-state index is 0.762. The van der Waals surface area contributed by atoms with Crippen LogP contribution in [-0.2, 0) is 0 Å². The molecule has 0 amide bonds. The van der Waals surface area contributed by atoms with Gasteiger partial charge in [0.1, 0.15) is 0 Å². The van der Waals surface area contributed by atoms with Gasteiger partial charge in [-0.05, 0) is 19.9 Å². The maximum atomic E-state index is 5.37. The van der Waals surface area contributed by atoms with E-state index in [-0.39, 0.29) is 0 Å². The zero-order valence-corrected chi connectivity index (χ0v) is 11.9. The third kappa shape index (κ3) is 43.9. The Morgan fingerprint density at radius 1 is 1.00 bits per heavy atom. The SMILES string of the molecule is C=CN=C(C)/C=C(\C)N.CC.CC.CC. The predicted octanol–water partition coefficient (Wildman–Crippen LogP) is 4.53. The molecule has 0 saturated carbocycles. The smallest absolute Gasteiger partial charge is 0.0389 e. The van der Waals surface area contributed by atoms with Crippen LogP contribution >= 0.6 is 0 Å². The first kappa shape index (κ1) is 23.6. The van der Waals surface area contributed by atoms with Crippen LogP contribution in [0.3, 0.4) is 0 Å². The molecule has 2 N–H and O–H groups in total. The summed E-state index contributed by atoms with van der Waals surface area (Å²) in [5, 5.41) is 0. The van der Waals surface area contributed by atoms with Crippen molar-refractivity contribution in [2.24, 2.45) is 10.7 Å². The number of aliphatic imine (C=N–C) groups is 1. The van der Waals surface area contributed by atoms with Gasteiger partial charge in [0.2, 0.25) is 0 Å². The van der Waals surface area contributed by atoms with Crippen LogP contribution < -0.4 is 5.73 Å². The topological polar surface area (TPSA) is 38.4 Å². The molecule has 0 aliphatic heterocycles. The van der Waals surface area contributed by atoms with E-state index in [1.165, 1.54) is 6.20 Å². The van der Waals surface area contributed by atoms with E-state index in [1.54, 1.807) is 6.08 Å². The van der Waals surface area contributed by atoms with Gasteiger partial charge in [-0.3, -0.25) is 4.99 Å². The molecule has 0 atom stereocenters. The fourth-order valence-electron chi connectivity index (χ4n) is 0.511. The summed E-state index contributed by atoms with van der Waals surface area (Å²) in [7, 11) is 0. The molecule has 2 heteroatoms. The maximum absolute atomic E-state index is 5.37. The third-order valence-electron chi connectivity index (χ3n) is 0.731. The van der Waals surface area contributed by atoms with Crippen molar-refractivity contribution in [2.75, 3.05) is 0 Å². The average molecular weight is 214 g/mol. The summed E-state index contributed by atoms with van der Waals surface area (Å²) >= 11 is 0. The average Bonchev–Trinajstić information content (AvgIpc) is 2.26. The van der Waals surface area contributed by atoms with Crippen molar-refractivity contribution in [3.05, 3.63) is 24.6 Å². The van der Waals surface area contributed by atoms with Crippen LogP contribution in [0.4, 0.5) is 0 Å². The molecule has 0 aromatic carbocycles. The number of hydrogen-bond acceptors (Lipinski definition) is 2. The van der Waals surface area contributed by atoms with Crippen LogP contribution in [-0.4, -0.2) is 5.71 Å². The number of nitrogens with two attached hydrogens (primary N) is 1. The molecule has 0 aromatic heterocycles. The highest BCUT2D eigenvalue weighted by atomic mass is 14.7. The van der Waals surface area contributed by atoms with Gasteiger partial charge >= 0.3 is 0 Å². The summed E-state index contributed by atoms with van der Waals surface area (Å²) in [6, 6.07) is 0. The van der Waals surface area contributed by atoms with Gasteiger partial charge in [0.05, 0.1) is 0 Å². The Morgan fingerprint density at radius 3 is 1.53 bits per heavy atom. The van der Waals surface area contributed by atoms with Crippen molar-refractivity contribution < 1.29 is 0 Å². The lowest BCUT2D eigenvalue weighted by atomic mass is 10.3. The predicted molar refractivity (Wildman–Crippen MR) is 75.3 cm³/mol. The summed E-state index contributed by atoms with van der Waals surface area (Å²) in [4.78, 5) is 3.89. The van der Waals surface area contributed by atoms with E-state index < -0.39 is 0 Å². The highest BCUT2D eigenvalue weighted by Crippen LogP contribution is 1.84. The number of rotatable bonds is 2. The second kappa shape index (κ2) is 29.3. The van der Waals surface area contributed by atoms with E-state index in [0.717, 1.165) is 11.4 Å². The molecule has 0 bridgehead atoms. The van der Waals surface area contributed by atoms with Crippen molar-refractivity contribution in [3.8, 4) is 0 Å². The summed E-state index contributed by atoms with van der Waals surface area (Å²) in [5.41, 5.74) is 7.01. The fourth-order valence-corrected chi connectivity index (χ4v) is 0.511. The maximum Gasteiger partial charge on any atom is 0.0389 e. The molecule has 0 spiro atoms. The third-order valence-corrected chi connectivity index (χ3v) is 0.731. The molecule has 15 heavy (non-hydrogen) atoms. The van der Waals surface area contributed by atoms with Crippen molar-refractivity contribution in [1.29, 1.82) is 0 Å². The highest BCUT2D eigenvalue weighted by Gasteiger charge is 1.80. The highest BCUT2D eigenvalue weighted by molar-refractivity contribution is 5.93. The van der Waals surface area contributed by atoms with E-state index in [2.05, 4.69) is 11.6 Å². The molecule has 0 saturated heterocycles. The zero-order chi connectivity index (χ0) is 13.3. The van der Waals surface area contributed by atoms with Crippen LogP contribution in [0.2, 0.25) is 0 Å². The first-order valence-electron chi connectivity index (χ1n) is 5.76. The Hall–Kier alpha value is -1.05. The minimum Gasteiger partial charge on any atom is -0.402 e. The first-order chi connectivity index (χ1) is 7.16. The monoisotopic (exact) mass is 214 g/mol. The van der Waals surface area contributed by atoms with Crippen molar-refractivity contribution in [2.45, 2.75) is 55.4 Å². The van der Waals surface area contributed by atoms with Gasteiger partial charge in [-0.1, -0.05) is 48.1 Å². The second-order valence-electron chi connectivity index (χ2n) is 1.84. The van der Waals surface area contributed by atoms with Crippen molar-refractivity contribution >= 4 is 5.71 Å². The quantitative estimate of drug-likeness (QED) is 0.674. The van der Waals surface area contributed by atoms with E-state index >= 15 is 0 Å². The second-order valence-corrected chi connectivity index (χ2v) is 1.84. The van der Waals surface area contributed by atoms with Gasteiger partial charge < -0.3 is 5.73 Å². The number of hydrogen-bond donors (Lipinski definition) is 1. The van der Waals surface area contributed by atoms with E-state index in [1.807, 2.05) is 55.4 Å². The standard InChI is InChI=1S/C7H12N2.3C2H6/c1-4-9-7(3)5-6(2)8;3*1-2/h4-5H,1,8H2,2-3H3;3*1-2H3/b6-5+,9-7?;;;. The van der Waals surface area contributed by atoms with Crippen molar-refractivity contribution in [3.63, 3.8) is 0 Å². The number of nitrogens with zero attached hydrogens (tertiary/aromatic N) is 1. The summed E-state index contributed by atoms with van der Waals surface area (Å²) in [5.74, 6) is 0. The summed E-state index contributed by atoms with van der Waals surface area (Å²) in [6.07, 6.45) is 3.29. The molecular weight excluding hydrogens is 184 g/mol. The van der Waals surface area contributed by atoms with Crippen LogP contribution in [0.15, 0.2) is 29.5 Å². The van der Waals surface area contributed by atoms with Crippen LogP contribution in [0.25, 0.3) is 0 Å². The van der Waals surface area contributed by atoms with E-state index in [0.29, 0.717) is 0 Å². The molecule has 0 aromatic rings. The molecule has 0 unspecified atom stereocenters. The fraction of sp³-hybridized carbons (Fsp3) is 0.615. The first-order valence-corrected chi connectivity index (χ1v) is 5.76. The molecule has 0 aliphatic rings. The Morgan fingerprint density at radius 2 is 1.33 bits per heavy atom. The molecule has 92 valence electrons. The lowest BCUT2D eigenvalue weighted by Crippen LogP contribution is -1.94. The lowest BCUT2D eigenvalue weighted by Gasteiger charge is -1.88. The van der Waals surface area contributed by atoms with Crippen LogP contribution in [0.5, 0.6) is 0 Å². The minimum absolute atomic E-state index is 0.762. The van der Waals surface area contributed by atoms with Gasteiger partial charge in [-0.25, -0.2) is 0 Å². The van der Waals surface area contributed by atoms with Gasteiger partial charge in [-0.15, -0.1) is 0 Å². The largest absolute Gasteiger partial charge is 0.402 e. The molecule has 0 radical (unpaired) electrons. The molecule has 2 nitrogen and oxygen atoms in total. The number of allylic oxidation sites excluding steroid dienone is 2. The Bertz CT molecular complexity index is 152. The van der Waals surface area contributed by atoms with Crippen molar-refractivity contribution in [1.82, 2.24) is 0 Å². The van der Waals surface area contributed by atoms with Gasteiger partial charge in [0, 0.05) is 17.6 Å². The van der Waals surface area contributed by atoms with Gasteiger partial charge in [0.25, 0.3) is 0 Å².